The second-order valence-corrected chi connectivity index (χ2v) is 7.06. The Labute approximate surface area is 145 Å². The third kappa shape index (κ3) is 3.62. The Morgan fingerprint density at radius 3 is 2.88 bits per heavy atom. The van der Waals surface area contributed by atoms with E-state index in [-0.39, 0.29) is 18.2 Å². The molecule has 2 aromatic heterocycles. The second-order valence-electron chi connectivity index (χ2n) is 6.17. The van der Waals surface area contributed by atoms with Crippen LogP contribution in [0.4, 0.5) is 4.79 Å². The zero-order valence-electron chi connectivity index (χ0n) is 14.5. The van der Waals surface area contributed by atoms with Crippen molar-refractivity contribution in [3.63, 3.8) is 0 Å². The predicted octanol–water partition coefficient (Wildman–Crippen LogP) is 3.51. The third-order valence-corrected chi connectivity index (χ3v) is 5.21. The summed E-state index contributed by atoms with van der Waals surface area (Å²) in [6.45, 7) is 9.39. The molecule has 2 amide bonds. The highest BCUT2D eigenvalue weighted by Gasteiger charge is 2.28. The second kappa shape index (κ2) is 6.94. The Morgan fingerprint density at radius 2 is 2.25 bits per heavy atom. The minimum atomic E-state index is -0.142. The van der Waals surface area contributed by atoms with Crippen molar-refractivity contribution in [3.8, 4) is 0 Å². The van der Waals surface area contributed by atoms with E-state index in [1.165, 1.54) is 0 Å². The SMILES string of the molecule is Cc1csc(C2CN(C(=O)NC(C)c3cc(C)oc3C)CCO2)n1. The minimum Gasteiger partial charge on any atom is -0.466 e. The first-order chi connectivity index (χ1) is 11.4. The number of rotatable bonds is 3. The standard InChI is InChI=1S/C17H23N3O3S/c1-10-9-24-16(18-10)15-8-20(5-6-22-15)17(21)19-12(3)14-7-11(2)23-13(14)4/h7,9,12,15H,5-6,8H2,1-4H3,(H,19,21). The molecule has 0 spiro atoms. The maximum absolute atomic E-state index is 12.6. The van der Waals surface area contributed by atoms with Gasteiger partial charge in [-0.1, -0.05) is 0 Å². The van der Waals surface area contributed by atoms with E-state index in [1.54, 1.807) is 16.2 Å². The van der Waals surface area contributed by atoms with Crippen LogP contribution in [0, 0.1) is 20.8 Å². The molecule has 0 bridgehead atoms. The summed E-state index contributed by atoms with van der Waals surface area (Å²) >= 11 is 1.58. The third-order valence-electron chi connectivity index (χ3n) is 4.15. The number of urea groups is 1. The Balaban J connectivity index is 1.63. The van der Waals surface area contributed by atoms with Crippen molar-refractivity contribution in [1.29, 1.82) is 0 Å². The van der Waals surface area contributed by atoms with Crippen LogP contribution in [0.15, 0.2) is 15.9 Å². The van der Waals surface area contributed by atoms with Crippen LogP contribution in [-0.4, -0.2) is 35.6 Å². The maximum Gasteiger partial charge on any atom is 0.318 e. The monoisotopic (exact) mass is 349 g/mol. The van der Waals surface area contributed by atoms with Crippen LogP contribution in [0.1, 0.15) is 46.9 Å². The van der Waals surface area contributed by atoms with E-state index in [4.69, 9.17) is 9.15 Å². The van der Waals surface area contributed by atoms with Gasteiger partial charge in [0.2, 0.25) is 0 Å². The summed E-state index contributed by atoms with van der Waals surface area (Å²) in [4.78, 5) is 18.9. The van der Waals surface area contributed by atoms with Crippen LogP contribution in [0.25, 0.3) is 0 Å². The molecule has 0 radical (unpaired) electrons. The van der Waals surface area contributed by atoms with E-state index >= 15 is 0 Å². The first-order valence-corrected chi connectivity index (χ1v) is 8.98. The smallest absolute Gasteiger partial charge is 0.318 e. The van der Waals surface area contributed by atoms with E-state index in [0.717, 1.165) is 27.8 Å². The molecule has 1 N–H and O–H groups in total. The number of amides is 2. The van der Waals surface area contributed by atoms with E-state index < -0.39 is 0 Å². The van der Waals surface area contributed by atoms with E-state index in [9.17, 15) is 4.79 Å². The summed E-state index contributed by atoms with van der Waals surface area (Å²) in [5, 5.41) is 5.99. The molecule has 1 fully saturated rings. The number of thiazole rings is 1. The van der Waals surface area contributed by atoms with Crippen molar-refractivity contribution in [2.75, 3.05) is 19.7 Å². The molecule has 7 heteroatoms. The van der Waals surface area contributed by atoms with Crippen molar-refractivity contribution >= 4 is 17.4 Å². The van der Waals surface area contributed by atoms with Crippen molar-refractivity contribution in [1.82, 2.24) is 15.2 Å². The number of ether oxygens (including phenoxy) is 1. The number of furan rings is 1. The number of aromatic nitrogens is 1. The molecular formula is C17H23N3O3S. The van der Waals surface area contributed by atoms with Crippen molar-refractivity contribution in [2.45, 2.75) is 39.8 Å². The minimum absolute atomic E-state index is 0.0812. The molecule has 6 nitrogen and oxygen atoms in total. The van der Waals surface area contributed by atoms with E-state index in [1.807, 2.05) is 39.1 Å². The molecule has 2 unspecified atom stereocenters. The molecule has 1 aliphatic rings. The Morgan fingerprint density at radius 1 is 1.46 bits per heavy atom. The zero-order chi connectivity index (χ0) is 17.3. The van der Waals surface area contributed by atoms with Gasteiger partial charge in [-0.3, -0.25) is 0 Å². The summed E-state index contributed by atoms with van der Waals surface area (Å²) < 4.78 is 11.3. The molecule has 2 aromatic rings. The molecule has 0 aliphatic carbocycles. The van der Waals surface area contributed by atoms with Gasteiger partial charge in [0.05, 0.1) is 19.2 Å². The first-order valence-electron chi connectivity index (χ1n) is 8.10. The van der Waals surface area contributed by atoms with Crippen molar-refractivity contribution in [2.24, 2.45) is 0 Å². The molecule has 2 atom stereocenters. The Hall–Kier alpha value is -1.86. The highest BCUT2D eigenvalue weighted by molar-refractivity contribution is 7.09. The fourth-order valence-corrected chi connectivity index (χ4v) is 3.77. The predicted molar refractivity (Wildman–Crippen MR) is 92.2 cm³/mol. The fourth-order valence-electron chi connectivity index (χ4n) is 2.94. The largest absolute Gasteiger partial charge is 0.466 e. The normalized spacial score (nSPS) is 19.3. The lowest BCUT2D eigenvalue weighted by Gasteiger charge is -2.32. The van der Waals surface area contributed by atoms with Crippen molar-refractivity contribution in [3.05, 3.63) is 39.2 Å². The van der Waals surface area contributed by atoms with Gasteiger partial charge in [-0.05, 0) is 33.8 Å². The number of carbonyl (C=O) groups excluding carboxylic acids is 1. The molecule has 0 saturated carbocycles. The quantitative estimate of drug-likeness (QED) is 0.921. The van der Waals surface area contributed by atoms with Gasteiger partial charge in [0.25, 0.3) is 0 Å². The Bertz CT molecular complexity index is 724. The molecule has 3 rings (SSSR count). The summed E-state index contributed by atoms with van der Waals surface area (Å²) in [7, 11) is 0. The summed E-state index contributed by atoms with van der Waals surface area (Å²) in [5.41, 5.74) is 2.00. The highest BCUT2D eigenvalue weighted by atomic mass is 32.1. The van der Waals surface area contributed by atoms with Gasteiger partial charge >= 0.3 is 6.03 Å². The van der Waals surface area contributed by atoms with Crippen LogP contribution < -0.4 is 5.32 Å². The number of aryl methyl sites for hydroxylation is 3. The lowest BCUT2D eigenvalue weighted by Crippen LogP contribution is -2.47. The zero-order valence-corrected chi connectivity index (χ0v) is 15.3. The number of morpholine rings is 1. The number of nitrogens with one attached hydrogen (secondary N) is 1. The first kappa shape index (κ1) is 17.0. The molecule has 1 saturated heterocycles. The topological polar surface area (TPSA) is 67.6 Å². The molecule has 130 valence electrons. The van der Waals surface area contributed by atoms with Gasteiger partial charge in [-0.2, -0.15) is 0 Å². The average molecular weight is 349 g/mol. The van der Waals surface area contributed by atoms with Crippen molar-refractivity contribution < 1.29 is 13.9 Å². The average Bonchev–Trinajstić information content (AvgIpc) is 3.12. The molecule has 0 aromatic carbocycles. The van der Waals surface area contributed by atoms with Crippen LogP contribution in [-0.2, 0) is 4.74 Å². The van der Waals surface area contributed by atoms with Crippen LogP contribution in [0.3, 0.4) is 0 Å². The lowest BCUT2D eigenvalue weighted by molar-refractivity contribution is -0.0158. The molecule has 24 heavy (non-hydrogen) atoms. The van der Waals surface area contributed by atoms with E-state index in [0.29, 0.717) is 19.7 Å². The van der Waals surface area contributed by atoms with Crippen LogP contribution in [0.2, 0.25) is 0 Å². The highest BCUT2D eigenvalue weighted by Crippen LogP contribution is 2.26. The molecular weight excluding hydrogens is 326 g/mol. The Kier molecular flexibility index (Phi) is 4.91. The fraction of sp³-hybridized carbons (Fsp3) is 0.529. The van der Waals surface area contributed by atoms with Gasteiger partial charge in [0, 0.05) is 23.2 Å². The number of nitrogens with zero attached hydrogens (tertiary/aromatic N) is 2. The van der Waals surface area contributed by atoms with Crippen LogP contribution >= 0.6 is 11.3 Å². The van der Waals surface area contributed by atoms with Gasteiger partial charge in [-0.15, -0.1) is 11.3 Å². The van der Waals surface area contributed by atoms with Crippen LogP contribution in [0.5, 0.6) is 0 Å². The van der Waals surface area contributed by atoms with Gasteiger partial charge in [0.1, 0.15) is 22.6 Å². The summed E-state index contributed by atoms with van der Waals surface area (Å²) in [6, 6.07) is 1.79. The summed E-state index contributed by atoms with van der Waals surface area (Å²) in [5.74, 6) is 1.70. The number of hydrogen-bond donors (Lipinski definition) is 1. The van der Waals surface area contributed by atoms with E-state index in [2.05, 4.69) is 10.3 Å². The van der Waals surface area contributed by atoms with Gasteiger partial charge in [-0.25, -0.2) is 9.78 Å². The number of hydrogen-bond acceptors (Lipinski definition) is 5. The number of carbonyl (C=O) groups is 1. The lowest BCUT2D eigenvalue weighted by atomic mass is 10.1. The molecule has 1 aliphatic heterocycles. The summed E-state index contributed by atoms with van der Waals surface area (Å²) in [6.07, 6.45) is -0.142. The van der Waals surface area contributed by atoms with Gasteiger partial charge in [0.15, 0.2) is 0 Å². The van der Waals surface area contributed by atoms with Gasteiger partial charge < -0.3 is 19.4 Å². The molecule has 3 heterocycles. The maximum atomic E-state index is 12.6.